The molecule has 0 aliphatic heterocycles. The van der Waals surface area contributed by atoms with E-state index in [9.17, 15) is 14.7 Å². The molecule has 0 saturated heterocycles. The maximum absolute atomic E-state index is 12.0. The van der Waals surface area contributed by atoms with Crippen molar-refractivity contribution >= 4 is 11.6 Å². The van der Waals surface area contributed by atoms with Crippen LogP contribution < -0.4 is 0 Å². The van der Waals surface area contributed by atoms with Crippen LogP contribution in [0.5, 0.6) is 0 Å². The molecule has 0 aromatic carbocycles. The SMILES string of the molecule is CC(C)=CCCC(C)=CCCC(C)=CCCC(C)=CCC1=C(O)C(C)=CC(=O)C1=O. The summed E-state index contributed by atoms with van der Waals surface area (Å²) in [6, 6.07) is 0. The maximum Gasteiger partial charge on any atom is 0.232 e. The summed E-state index contributed by atoms with van der Waals surface area (Å²) in [7, 11) is 0. The molecule has 1 rings (SSSR count). The van der Waals surface area contributed by atoms with Crippen LogP contribution in [0.1, 0.15) is 86.5 Å². The van der Waals surface area contributed by atoms with Crippen molar-refractivity contribution in [2.24, 2.45) is 0 Å². The summed E-state index contributed by atoms with van der Waals surface area (Å²) in [5, 5.41) is 10.1. The molecule has 0 bridgehead atoms. The first-order chi connectivity index (χ1) is 14.1. The fourth-order valence-electron chi connectivity index (χ4n) is 3.28. The minimum absolute atomic E-state index is 0.0522. The number of aliphatic hydroxyl groups is 1. The minimum atomic E-state index is -0.595. The monoisotopic (exact) mass is 410 g/mol. The largest absolute Gasteiger partial charge is 0.507 e. The molecule has 0 amide bonds. The highest BCUT2D eigenvalue weighted by molar-refractivity contribution is 6.48. The molecule has 0 saturated carbocycles. The Morgan fingerprint density at radius 3 is 1.77 bits per heavy atom. The molecule has 0 spiro atoms. The van der Waals surface area contributed by atoms with Gasteiger partial charge in [0, 0.05) is 5.57 Å². The Bertz CT molecular complexity index is 822. The van der Waals surface area contributed by atoms with E-state index in [0.717, 1.165) is 44.1 Å². The summed E-state index contributed by atoms with van der Waals surface area (Å²) >= 11 is 0. The average Bonchev–Trinajstić information content (AvgIpc) is 2.66. The topological polar surface area (TPSA) is 54.4 Å². The van der Waals surface area contributed by atoms with E-state index < -0.39 is 11.6 Å². The van der Waals surface area contributed by atoms with Crippen LogP contribution in [0.4, 0.5) is 0 Å². The number of carbonyl (C=O) groups excluding carboxylic acids is 2. The number of hydrogen-bond acceptors (Lipinski definition) is 3. The molecule has 0 heterocycles. The van der Waals surface area contributed by atoms with Gasteiger partial charge in [-0.05, 0) is 98.1 Å². The van der Waals surface area contributed by atoms with Crippen molar-refractivity contribution in [1.29, 1.82) is 0 Å². The number of aliphatic hydroxyl groups excluding tert-OH is 1. The Morgan fingerprint density at radius 1 is 0.800 bits per heavy atom. The second-order valence-corrected chi connectivity index (χ2v) is 8.60. The molecule has 30 heavy (non-hydrogen) atoms. The smallest absolute Gasteiger partial charge is 0.232 e. The van der Waals surface area contributed by atoms with Gasteiger partial charge in [-0.15, -0.1) is 0 Å². The second-order valence-electron chi connectivity index (χ2n) is 8.60. The normalized spacial score (nSPS) is 16.2. The molecule has 0 aromatic rings. The van der Waals surface area contributed by atoms with E-state index in [0.29, 0.717) is 12.0 Å². The Kier molecular flexibility index (Phi) is 11.1. The van der Waals surface area contributed by atoms with Crippen LogP contribution in [0, 0.1) is 0 Å². The van der Waals surface area contributed by atoms with Gasteiger partial charge in [-0.1, -0.05) is 46.6 Å². The van der Waals surface area contributed by atoms with Crippen molar-refractivity contribution in [1.82, 2.24) is 0 Å². The first-order valence-electron chi connectivity index (χ1n) is 10.9. The van der Waals surface area contributed by atoms with Gasteiger partial charge in [-0.2, -0.15) is 0 Å². The Labute approximate surface area is 182 Å². The number of ketones is 2. The van der Waals surface area contributed by atoms with Crippen molar-refractivity contribution < 1.29 is 14.7 Å². The molecular formula is C27H38O3. The lowest BCUT2D eigenvalue weighted by molar-refractivity contribution is -0.131. The van der Waals surface area contributed by atoms with Gasteiger partial charge in [-0.3, -0.25) is 9.59 Å². The number of hydrogen-bond donors (Lipinski definition) is 1. The lowest BCUT2D eigenvalue weighted by Crippen LogP contribution is -2.20. The quantitative estimate of drug-likeness (QED) is 0.219. The van der Waals surface area contributed by atoms with Crippen LogP contribution in [-0.2, 0) is 9.59 Å². The van der Waals surface area contributed by atoms with Crippen LogP contribution in [0.25, 0.3) is 0 Å². The van der Waals surface area contributed by atoms with E-state index in [1.54, 1.807) is 6.92 Å². The van der Waals surface area contributed by atoms with E-state index in [4.69, 9.17) is 0 Å². The third-order valence-corrected chi connectivity index (χ3v) is 5.31. The van der Waals surface area contributed by atoms with Gasteiger partial charge in [-0.25, -0.2) is 0 Å². The summed E-state index contributed by atoms with van der Waals surface area (Å²) in [4.78, 5) is 23.6. The number of rotatable bonds is 11. The van der Waals surface area contributed by atoms with Crippen LogP contribution in [0.15, 0.2) is 69.6 Å². The van der Waals surface area contributed by atoms with E-state index in [2.05, 4.69) is 45.9 Å². The van der Waals surface area contributed by atoms with Crippen molar-refractivity contribution in [2.45, 2.75) is 86.5 Å². The van der Waals surface area contributed by atoms with Gasteiger partial charge in [0.05, 0.1) is 0 Å². The van der Waals surface area contributed by atoms with E-state index in [1.807, 2.05) is 13.0 Å². The molecular weight excluding hydrogens is 372 g/mol. The molecule has 1 aliphatic rings. The zero-order valence-electron chi connectivity index (χ0n) is 19.6. The predicted octanol–water partition coefficient (Wildman–Crippen LogP) is 7.43. The van der Waals surface area contributed by atoms with Gasteiger partial charge < -0.3 is 5.11 Å². The Balaban J connectivity index is 2.44. The molecule has 1 aliphatic carbocycles. The summed E-state index contributed by atoms with van der Waals surface area (Å²) in [6.45, 7) is 12.3. The predicted molar refractivity (Wildman–Crippen MR) is 126 cm³/mol. The van der Waals surface area contributed by atoms with Gasteiger partial charge in [0.2, 0.25) is 11.6 Å². The van der Waals surface area contributed by atoms with Crippen molar-refractivity contribution in [3.05, 3.63) is 69.6 Å². The fraction of sp³-hybridized carbons (Fsp3) is 0.481. The molecule has 3 nitrogen and oxygen atoms in total. The molecule has 0 aromatic heterocycles. The highest BCUT2D eigenvalue weighted by Gasteiger charge is 2.25. The summed E-state index contributed by atoms with van der Waals surface area (Å²) in [5.41, 5.74) is 6.05. The molecule has 164 valence electrons. The zero-order valence-corrected chi connectivity index (χ0v) is 19.6. The van der Waals surface area contributed by atoms with Gasteiger partial charge >= 0.3 is 0 Å². The van der Waals surface area contributed by atoms with E-state index >= 15 is 0 Å². The van der Waals surface area contributed by atoms with Crippen molar-refractivity contribution in [2.75, 3.05) is 0 Å². The van der Waals surface area contributed by atoms with E-state index in [1.165, 1.54) is 22.8 Å². The second kappa shape index (κ2) is 13.0. The van der Waals surface area contributed by atoms with Crippen LogP contribution in [0.3, 0.4) is 0 Å². The molecule has 0 fully saturated rings. The standard InChI is InChI=1S/C27H38O3/c1-19(2)10-7-11-20(3)12-8-13-21(4)14-9-15-22(5)16-17-24-26(29)23(6)18-25(28)27(24)30/h10,12,14,16,18,29H,7-9,11,13,15,17H2,1-6H3. The molecule has 0 atom stereocenters. The van der Waals surface area contributed by atoms with Crippen LogP contribution in [-0.4, -0.2) is 16.7 Å². The highest BCUT2D eigenvalue weighted by atomic mass is 16.3. The molecule has 0 unspecified atom stereocenters. The third kappa shape index (κ3) is 9.39. The molecule has 3 heteroatoms. The van der Waals surface area contributed by atoms with Crippen LogP contribution in [0.2, 0.25) is 0 Å². The van der Waals surface area contributed by atoms with Gasteiger partial charge in [0.25, 0.3) is 0 Å². The fourth-order valence-corrected chi connectivity index (χ4v) is 3.28. The Morgan fingerprint density at radius 2 is 1.27 bits per heavy atom. The lowest BCUT2D eigenvalue weighted by atomic mass is 9.93. The average molecular weight is 411 g/mol. The summed E-state index contributed by atoms with van der Waals surface area (Å²) in [5.74, 6) is -1.20. The van der Waals surface area contributed by atoms with Crippen LogP contribution >= 0.6 is 0 Å². The number of Topliss-reactive ketones (excluding diaryl/α,β-unsaturated/α-hetero) is 1. The zero-order chi connectivity index (χ0) is 22.7. The van der Waals surface area contributed by atoms with Gasteiger partial charge in [0.1, 0.15) is 5.76 Å². The van der Waals surface area contributed by atoms with Crippen molar-refractivity contribution in [3.63, 3.8) is 0 Å². The van der Waals surface area contributed by atoms with Gasteiger partial charge in [0.15, 0.2) is 0 Å². The first-order valence-corrected chi connectivity index (χ1v) is 10.9. The summed E-state index contributed by atoms with van der Waals surface area (Å²) in [6.07, 6.45) is 16.6. The minimum Gasteiger partial charge on any atom is -0.507 e. The maximum atomic E-state index is 12.0. The highest BCUT2D eigenvalue weighted by Crippen LogP contribution is 2.23. The first kappa shape index (κ1) is 25.6. The summed E-state index contributed by atoms with van der Waals surface area (Å²) < 4.78 is 0. The van der Waals surface area contributed by atoms with E-state index in [-0.39, 0.29) is 11.3 Å². The third-order valence-electron chi connectivity index (χ3n) is 5.31. The lowest BCUT2D eigenvalue weighted by Gasteiger charge is -2.12. The number of carbonyl (C=O) groups is 2. The van der Waals surface area contributed by atoms with Crippen molar-refractivity contribution in [3.8, 4) is 0 Å². The Hall–Kier alpha value is -2.42. The molecule has 0 radical (unpaired) electrons. The number of allylic oxidation sites excluding steroid dienone is 11. The molecule has 1 N–H and O–H groups in total.